The van der Waals surface area contributed by atoms with Crippen LogP contribution in [0, 0.1) is 0 Å². The second kappa shape index (κ2) is 6.55. The van der Waals surface area contributed by atoms with Gasteiger partial charge in [-0.15, -0.1) is 0 Å². The second-order valence-electron chi connectivity index (χ2n) is 2.55. The van der Waals surface area contributed by atoms with Gasteiger partial charge in [0.05, 0.1) is 6.61 Å². The van der Waals surface area contributed by atoms with E-state index >= 15 is 0 Å². The number of aliphatic hydroxyl groups excluding tert-OH is 1. The molecule has 1 N–H and O–H groups in total. The van der Waals surface area contributed by atoms with Gasteiger partial charge < -0.3 is 9.90 Å². The van der Waals surface area contributed by atoms with Gasteiger partial charge in [0.25, 0.3) is 0 Å². The second-order valence-corrected chi connectivity index (χ2v) is 2.55. The third kappa shape index (κ3) is 6.96. The van der Waals surface area contributed by atoms with Gasteiger partial charge in [0, 0.05) is 0 Å². The molecule has 0 bridgehead atoms. The van der Waals surface area contributed by atoms with Crippen molar-refractivity contribution < 1.29 is 9.90 Å². The summed E-state index contributed by atoms with van der Waals surface area (Å²) in [5, 5.41) is 8.54. The molecule has 0 aliphatic rings. The van der Waals surface area contributed by atoms with Crippen LogP contribution in [0.1, 0.15) is 19.4 Å². The Hall–Kier alpha value is -1.15. The van der Waals surface area contributed by atoms with Crippen LogP contribution in [0.15, 0.2) is 30.3 Å². The standard InChI is InChI=1S/C7H8O.C3H6O/c8-6-7-4-2-1-3-5-7;1-3(2)4/h1-5,8H,6H2;1-2H3. The Morgan fingerprint density at radius 1 is 1.25 bits per heavy atom. The van der Waals surface area contributed by atoms with Crippen LogP contribution in [0.5, 0.6) is 0 Å². The molecule has 0 heterocycles. The van der Waals surface area contributed by atoms with Crippen LogP contribution < -0.4 is 0 Å². The van der Waals surface area contributed by atoms with Crippen molar-refractivity contribution in [2.24, 2.45) is 0 Å². The molecule has 0 atom stereocenters. The van der Waals surface area contributed by atoms with Gasteiger partial charge in [0.2, 0.25) is 0 Å². The lowest BCUT2D eigenvalue weighted by Crippen LogP contribution is -1.77. The zero-order chi connectivity index (χ0) is 9.40. The number of hydrogen-bond donors (Lipinski definition) is 1. The Morgan fingerprint density at radius 2 is 1.67 bits per heavy atom. The van der Waals surface area contributed by atoms with Crippen LogP contribution >= 0.6 is 0 Å². The van der Waals surface area contributed by atoms with Crippen molar-refractivity contribution in [1.82, 2.24) is 0 Å². The molecule has 0 fully saturated rings. The lowest BCUT2D eigenvalue weighted by Gasteiger charge is -1.89. The summed E-state index contributed by atoms with van der Waals surface area (Å²) in [6.07, 6.45) is 0. The molecule has 1 aromatic rings. The highest BCUT2D eigenvalue weighted by Crippen LogP contribution is 1.95. The number of ketones is 1. The van der Waals surface area contributed by atoms with E-state index in [4.69, 9.17) is 5.11 Å². The average molecular weight is 166 g/mol. The zero-order valence-electron chi connectivity index (χ0n) is 7.45. The quantitative estimate of drug-likeness (QED) is 0.690. The summed E-state index contributed by atoms with van der Waals surface area (Å²) in [7, 11) is 0. The van der Waals surface area contributed by atoms with E-state index in [9.17, 15) is 4.79 Å². The Bertz CT molecular complexity index is 213. The van der Waals surface area contributed by atoms with E-state index in [1.54, 1.807) is 0 Å². The van der Waals surface area contributed by atoms with Crippen LogP contribution in [-0.4, -0.2) is 10.9 Å². The molecular formula is C10H14O2. The van der Waals surface area contributed by atoms with Gasteiger partial charge in [-0.05, 0) is 19.4 Å². The first-order chi connectivity index (χ1) is 5.66. The molecule has 0 aromatic heterocycles. The summed E-state index contributed by atoms with van der Waals surface area (Å²) >= 11 is 0. The third-order valence-corrected chi connectivity index (χ3v) is 1.03. The first kappa shape index (κ1) is 10.8. The Balaban J connectivity index is 0.000000261. The van der Waals surface area contributed by atoms with Crippen LogP contribution in [0.25, 0.3) is 0 Å². The van der Waals surface area contributed by atoms with E-state index in [0.29, 0.717) is 0 Å². The van der Waals surface area contributed by atoms with Crippen molar-refractivity contribution in [3.8, 4) is 0 Å². The Morgan fingerprint density at radius 3 is 1.92 bits per heavy atom. The average Bonchev–Trinajstić information content (AvgIpc) is 2.05. The van der Waals surface area contributed by atoms with Crippen LogP contribution in [0.4, 0.5) is 0 Å². The molecule has 0 aliphatic heterocycles. The molecule has 1 rings (SSSR count). The fourth-order valence-electron chi connectivity index (χ4n) is 0.583. The van der Waals surface area contributed by atoms with E-state index in [2.05, 4.69) is 0 Å². The Labute approximate surface area is 72.9 Å². The number of carbonyl (C=O) groups is 1. The number of benzene rings is 1. The third-order valence-electron chi connectivity index (χ3n) is 1.03. The maximum atomic E-state index is 9.44. The van der Waals surface area contributed by atoms with Gasteiger partial charge in [0.15, 0.2) is 0 Å². The van der Waals surface area contributed by atoms with Crippen LogP contribution in [-0.2, 0) is 11.4 Å². The zero-order valence-corrected chi connectivity index (χ0v) is 7.45. The smallest absolute Gasteiger partial charge is 0.126 e. The molecule has 0 saturated heterocycles. The molecule has 0 saturated carbocycles. The van der Waals surface area contributed by atoms with Crippen molar-refractivity contribution in [2.45, 2.75) is 20.5 Å². The number of Topliss-reactive ketones (excluding diaryl/α,β-unsaturated/α-hetero) is 1. The van der Waals surface area contributed by atoms with Crippen molar-refractivity contribution in [3.05, 3.63) is 35.9 Å². The molecule has 1 aromatic carbocycles. The highest BCUT2D eigenvalue weighted by molar-refractivity contribution is 5.72. The summed E-state index contributed by atoms with van der Waals surface area (Å²) in [5.41, 5.74) is 0.965. The van der Waals surface area contributed by atoms with Gasteiger partial charge in [-0.1, -0.05) is 30.3 Å². The van der Waals surface area contributed by atoms with Crippen LogP contribution in [0.3, 0.4) is 0 Å². The Kier molecular flexibility index (Phi) is 5.93. The van der Waals surface area contributed by atoms with E-state index in [1.165, 1.54) is 13.8 Å². The highest BCUT2D eigenvalue weighted by atomic mass is 16.3. The highest BCUT2D eigenvalue weighted by Gasteiger charge is 1.81. The molecule has 2 heteroatoms. The summed E-state index contributed by atoms with van der Waals surface area (Å²) in [6.45, 7) is 3.20. The van der Waals surface area contributed by atoms with Gasteiger partial charge in [0.1, 0.15) is 5.78 Å². The number of hydrogen-bond acceptors (Lipinski definition) is 2. The van der Waals surface area contributed by atoms with Gasteiger partial charge in [-0.25, -0.2) is 0 Å². The minimum Gasteiger partial charge on any atom is -0.392 e. The molecule has 2 nitrogen and oxygen atoms in total. The van der Waals surface area contributed by atoms with E-state index in [-0.39, 0.29) is 12.4 Å². The molecular weight excluding hydrogens is 152 g/mol. The van der Waals surface area contributed by atoms with E-state index in [0.717, 1.165) is 5.56 Å². The van der Waals surface area contributed by atoms with Crippen LogP contribution in [0.2, 0.25) is 0 Å². The van der Waals surface area contributed by atoms with Gasteiger partial charge >= 0.3 is 0 Å². The summed E-state index contributed by atoms with van der Waals surface area (Å²) in [6, 6.07) is 9.52. The minimum absolute atomic E-state index is 0.140. The first-order valence-electron chi connectivity index (χ1n) is 3.78. The molecule has 0 unspecified atom stereocenters. The summed E-state index contributed by atoms with van der Waals surface area (Å²) in [4.78, 5) is 9.44. The SMILES string of the molecule is CC(C)=O.OCc1ccccc1. The predicted octanol–water partition coefficient (Wildman–Crippen LogP) is 1.77. The molecule has 12 heavy (non-hydrogen) atoms. The summed E-state index contributed by atoms with van der Waals surface area (Å²) in [5.74, 6) is 0.167. The normalized spacial score (nSPS) is 8.25. The largest absolute Gasteiger partial charge is 0.392 e. The molecule has 0 spiro atoms. The van der Waals surface area contributed by atoms with E-state index in [1.807, 2.05) is 30.3 Å². The first-order valence-corrected chi connectivity index (χ1v) is 3.78. The lowest BCUT2D eigenvalue weighted by atomic mass is 10.2. The fraction of sp³-hybridized carbons (Fsp3) is 0.300. The predicted molar refractivity (Wildman–Crippen MR) is 48.7 cm³/mol. The van der Waals surface area contributed by atoms with Crippen molar-refractivity contribution in [3.63, 3.8) is 0 Å². The minimum atomic E-state index is 0.140. The van der Waals surface area contributed by atoms with Crippen molar-refractivity contribution >= 4 is 5.78 Å². The molecule has 0 amide bonds. The number of rotatable bonds is 1. The monoisotopic (exact) mass is 166 g/mol. The molecule has 0 radical (unpaired) electrons. The van der Waals surface area contributed by atoms with Gasteiger partial charge in [-0.3, -0.25) is 0 Å². The topological polar surface area (TPSA) is 37.3 Å². The van der Waals surface area contributed by atoms with Crippen molar-refractivity contribution in [1.29, 1.82) is 0 Å². The summed E-state index contributed by atoms with van der Waals surface area (Å²) < 4.78 is 0. The maximum absolute atomic E-state index is 9.44. The molecule has 0 aliphatic carbocycles. The number of aliphatic hydroxyl groups is 1. The molecule has 66 valence electrons. The van der Waals surface area contributed by atoms with Crippen molar-refractivity contribution in [2.75, 3.05) is 0 Å². The van der Waals surface area contributed by atoms with Gasteiger partial charge in [-0.2, -0.15) is 0 Å². The number of carbonyl (C=O) groups excluding carboxylic acids is 1. The fourth-order valence-corrected chi connectivity index (χ4v) is 0.583. The maximum Gasteiger partial charge on any atom is 0.126 e. The lowest BCUT2D eigenvalue weighted by molar-refractivity contribution is -0.114. The van der Waals surface area contributed by atoms with E-state index < -0.39 is 0 Å².